The van der Waals surface area contributed by atoms with E-state index in [1.807, 2.05) is 0 Å². The Balaban J connectivity index is 2.13. The van der Waals surface area contributed by atoms with E-state index in [0.29, 0.717) is 18.5 Å². The molecule has 2 rings (SSSR count). The lowest BCUT2D eigenvalue weighted by Gasteiger charge is -2.15. The van der Waals surface area contributed by atoms with Gasteiger partial charge < -0.3 is 15.6 Å². The molecule has 1 aliphatic heterocycles. The first kappa shape index (κ1) is 16.6. The third-order valence-corrected chi connectivity index (χ3v) is 6.14. The Labute approximate surface area is 129 Å². The summed E-state index contributed by atoms with van der Waals surface area (Å²) in [6.07, 6.45) is 1.30. The molecule has 0 aromatic carbocycles. The van der Waals surface area contributed by atoms with E-state index in [0.717, 1.165) is 5.75 Å². The number of aliphatic hydroxyl groups is 1. The first-order valence-electron chi connectivity index (χ1n) is 6.63. The zero-order chi connectivity index (χ0) is 15.4. The summed E-state index contributed by atoms with van der Waals surface area (Å²) in [6.45, 7) is 2.13. The van der Waals surface area contributed by atoms with Gasteiger partial charge in [-0.1, -0.05) is 21.6 Å². The van der Waals surface area contributed by atoms with Crippen molar-refractivity contribution in [2.45, 2.75) is 30.9 Å². The highest BCUT2D eigenvalue weighted by atomic mass is 33.1. The number of aromatic nitrogens is 2. The molecular formula is C12H19N3O4S2. The van der Waals surface area contributed by atoms with E-state index in [9.17, 15) is 14.7 Å². The second-order valence-corrected chi connectivity index (χ2v) is 7.50. The number of nitrogens with zero attached hydrogens (tertiary/aromatic N) is 1. The third kappa shape index (κ3) is 3.92. The molecule has 118 valence electrons. The van der Waals surface area contributed by atoms with Gasteiger partial charge in [0.2, 0.25) is 0 Å². The quantitative estimate of drug-likeness (QED) is 0.490. The van der Waals surface area contributed by atoms with Crippen molar-refractivity contribution < 1.29 is 9.84 Å². The van der Waals surface area contributed by atoms with Crippen LogP contribution >= 0.6 is 21.6 Å². The summed E-state index contributed by atoms with van der Waals surface area (Å²) < 4.78 is 7.12. The second-order valence-electron chi connectivity index (χ2n) is 4.77. The van der Waals surface area contributed by atoms with E-state index >= 15 is 0 Å². The number of aliphatic hydroxyl groups excluding tert-OH is 1. The maximum atomic E-state index is 11.9. The number of nitrogens with two attached hydrogens (primary N) is 1. The van der Waals surface area contributed by atoms with Crippen molar-refractivity contribution in [3.8, 4) is 0 Å². The Hall–Kier alpha value is -0.740. The lowest BCUT2D eigenvalue weighted by atomic mass is 10.2. The molecule has 0 aliphatic carbocycles. The van der Waals surface area contributed by atoms with Crippen LogP contribution < -0.4 is 17.0 Å². The van der Waals surface area contributed by atoms with Gasteiger partial charge in [-0.05, 0) is 6.92 Å². The molecule has 0 radical (unpaired) electrons. The lowest BCUT2D eigenvalue weighted by Crippen LogP contribution is -2.33. The minimum absolute atomic E-state index is 0.0793. The van der Waals surface area contributed by atoms with Gasteiger partial charge in [-0.25, -0.2) is 4.79 Å². The van der Waals surface area contributed by atoms with Crippen LogP contribution in [0, 0.1) is 6.92 Å². The summed E-state index contributed by atoms with van der Waals surface area (Å²) in [6, 6.07) is 0. The van der Waals surface area contributed by atoms with Gasteiger partial charge >= 0.3 is 5.69 Å². The number of hydrogen-bond acceptors (Lipinski definition) is 7. The van der Waals surface area contributed by atoms with E-state index in [2.05, 4.69) is 4.98 Å². The van der Waals surface area contributed by atoms with E-state index in [1.165, 1.54) is 10.8 Å². The predicted molar refractivity (Wildman–Crippen MR) is 84.6 cm³/mol. The predicted octanol–water partition coefficient (Wildman–Crippen LogP) is -0.166. The Morgan fingerprint density at radius 3 is 3.00 bits per heavy atom. The van der Waals surface area contributed by atoms with Crippen LogP contribution in [-0.4, -0.2) is 44.9 Å². The van der Waals surface area contributed by atoms with Crippen molar-refractivity contribution >= 4 is 21.6 Å². The molecule has 1 aromatic heterocycles. The molecule has 0 unspecified atom stereocenters. The minimum Gasteiger partial charge on any atom is -0.394 e. The third-order valence-electron chi connectivity index (χ3n) is 3.21. The van der Waals surface area contributed by atoms with Gasteiger partial charge in [0.15, 0.2) is 0 Å². The van der Waals surface area contributed by atoms with Crippen molar-refractivity contribution in [1.29, 1.82) is 0 Å². The summed E-state index contributed by atoms with van der Waals surface area (Å²) in [5.74, 6) is 0.821. The van der Waals surface area contributed by atoms with Gasteiger partial charge in [0.05, 0.1) is 12.7 Å². The van der Waals surface area contributed by atoms with Crippen LogP contribution in [0.25, 0.3) is 0 Å². The zero-order valence-electron chi connectivity index (χ0n) is 11.7. The number of hydrogen-bond donors (Lipinski definition) is 3. The SMILES string of the molecule is Cc1cn([C@H]2C[C@@H](SSCCN)[C@@H](CO)O2)c(=O)[nH]c1=O. The molecule has 3 atom stereocenters. The molecule has 1 aromatic rings. The molecule has 9 heteroatoms. The fourth-order valence-electron chi connectivity index (χ4n) is 2.12. The molecule has 1 saturated heterocycles. The summed E-state index contributed by atoms with van der Waals surface area (Å²) in [5.41, 5.74) is 5.02. The summed E-state index contributed by atoms with van der Waals surface area (Å²) in [5, 5.41) is 9.49. The highest BCUT2D eigenvalue weighted by Gasteiger charge is 2.36. The molecule has 0 spiro atoms. The molecule has 0 saturated carbocycles. The highest BCUT2D eigenvalue weighted by Crippen LogP contribution is 2.40. The van der Waals surface area contributed by atoms with Gasteiger partial charge in [-0.2, -0.15) is 0 Å². The van der Waals surface area contributed by atoms with E-state index in [4.69, 9.17) is 10.5 Å². The summed E-state index contributed by atoms with van der Waals surface area (Å²) in [4.78, 5) is 25.5. The molecular weight excluding hydrogens is 314 g/mol. The number of nitrogens with one attached hydrogen (secondary N) is 1. The summed E-state index contributed by atoms with van der Waals surface area (Å²) in [7, 11) is 3.25. The topological polar surface area (TPSA) is 110 Å². The monoisotopic (exact) mass is 333 g/mol. The molecule has 0 bridgehead atoms. The van der Waals surface area contributed by atoms with Crippen LogP contribution in [0.5, 0.6) is 0 Å². The van der Waals surface area contributed by atoms with Crippen molar-refractivity contribution in [3.63, 3.8) is 0 Å². The first-order chi connectivity index (χ1) is 10.1. The van der Waals surface area contributed by atoms with Crippen LogP contribution in [0.2, 0.25) is 0 Å². The molecule has 2 heterocycles. The van der Waals surface area contributed by atoms with Crippen molar-refractivity contribution in [2.75, 3.05) is 18.9 Å². The second kappa shape index (κ2) is 7.50. The standard InChI is InChI=1S/C12H19N3O4S2/c1-7-5-15(12(18)14-11(7)17)10-4-9(8(6-16)19-10)21-20-3-2-13/h5,8-10,16H,2-4,6,13H2,1H3,(H,14,17,18)/t8-,9-,10-/m1/s1. The highest BCUT2D eigenvalue weighted by molar-refractivity contribution is 8.77. The number of ether oxygens (including phenoxy) is 1. The Morgan fingerprint density at radius 2 is 2.33 bits per heavy atom. The number of aromatic amines is 1. The fourth-order valence-corrected chi connectivity index (χ4v) is 4.71. The average Bonchev–Trinajstić information content (AvgIpc) is 2.86. The average molecular weight is 333 g/mol. The number of aryl methyl sites for hydroxylation is 1. The van der Waals surface area contributed by atoms with Gasteiger partial charge in [-0.15, -0.1) is 0 Å². The minimum atomic E-state index is -0.493. The van der Waals surface area contributed by atoms with Gasteiger partial charge in [-0.3, -0.25) is 14.3 Å². The van der Waals surface area contributed by atoms with Gasteiger partial charge in [0.25, 0.3) is 5.56 Å². The van der Waals surface area contributed by atoms with Crippen molar-refractivity contribution in [3.05, 3.63) is 32.6 Å². The fraction of sp³-hybridized carbons (Fsp3) is 0.667. The van der Waals surface area contributed by atoms with E-state index < -0.39 is 17.5 Å². The number of H-pyrrole nitrogens is 1. The van der Waals surface area contributed by atoms with Crippen LogP contribution in [-0.2, 0) is 4.74 Å². The molecule has 1 aliphatic rings. The lowest BCUT2D eigenvalue weighted by molar-refractivity contribution is -0.0238. The normalized spacial score (nSPS) is 25.4. The molecule has 1 fully saturated rings. The van der Waals surface area contributed by atoms with Crippen LogP contribution in [0.4, 0.5) is 0 Å². The van der Waals surface area contributed by atoms with Crippen LogP contribution in [0.1, 0.15) is 18.2 Å². The molecule has 21 heavy (non-hydrogen) atoms. The summed E-state index contributed by atoms with van der Waals surface area (Å²) >= 11 is 0. The van der Waals surface area contributed by atoms with Crippen LogP contribution in [0.15, 0.2) is 15.8 Å². The van der Waals surface area contributed by atoms with E-state index in [-0.39, 0.29) is 18.0 Å². The van der Waals surface area contributed by atoms with E-state index in [1.54, 1.807) is 28.5 Å². The van der Waals surface area contributed by atoms with Crippen molar-refractivity contribution in [2.24, 2.45) is 5.73 Å². The molecule has 4 N–H and O–H groups in total. The first-order valence-corrected chi connectivity index (χ1v) is 9.01. The Morgan fingerprint density at radius 1 is 1.57 bits per heavy atom. The maximum absolute atomic E-state index is 11.9. The van der Waals surface area contributed by atoms with Crippen molar-refractivity contribution in [1.82, 2.24) is 9.55 Å². The smallest absolute Gasteiger partial charge is 0.330 e. The van der Waals surface area contributed by atoms with Gasteiger partial charge in [0, 0.05) is 35.7 Å². The largest absolute Gasteiger partial charge is 0.394 e. The molecule has 0 amide bonds. The van der Waals surface area contributed by atoms with Gasteiger partial charge in [0.1, 0.15) is 6.23 Å². The molecule has 7 nitrogen and oxygen atoms in total. The zero-order valence-corrected chi connectivity index (χ0v) is 13.3. The Kier molecular flexibility index (Phi) is 5.94. The number of rotatable bonds is 6. The maximum Gasteiger partial charge on any atom is 0.330 e. The Bertz CT molecular complexity index is 589. The van der Waals surface area contributed by atoms with Crippen LogP contribution in [0.3, 0.4) is 0 Å².